The number of nitrogens with one attached hydrogen (secondary N) is 1. The molecule has 1 aliphatic heterocycles. The molecule has 1 unspecified atom stereocenters. The minimum atomic E-state index is -0.204. The first-order valence-corrected chi connectivity index (χ1v) is 7.88. The first-order chi connectivity index (χ1) is 11.1. The number of aromatic nitrogens is 2. The van der Waals surface area contributed by atoms with E-state index in [0.717, 1.165) is 35.9 Å². The summed E-state index contributed by atoms with van der Waals surface area (Å²) in [7, 11) is 0. The quantitative estimate of drug-likeness (QED) is 0.865. The number of hydrogen-bond donors (Lipinski definition) is 1. The lowest BCUT2D eigenvalue weighted by Crippen LogP contribution is -2.54. The van der Waals surface area contributed by atoms with Crippen molar-refractivity contribution in [3.8, 4) is 0 Å². The van der Waals surface area contributed by atoms with Gasteiger partial charge in [-0.3, -0.25) is 19.7 Å². The van der Waals surface area contributed by atoms with Gasteiger partial charge in [-0.1, -0.05) is 0 Å². The van der Waals surface area contributed by atoms with Crippen LogP contribution in [0, 0.1) is 20.8 Å². The molecule has 0 radical (unpaired) electrons. The maximum absolute atomic E-state index is 12.7. The SMILES string of the molecule is Cc1nc(C)c(CN2CCNCC2C(=O)c2ccoc2)nc1C. The number of furan rings is 1. The van der Waals surface area contributed by atoms with Gasteiger partial charge in [0.05, 0.1) is 40.6 Å². The van der Waals surface area contributed by atoms with E-state index in [-0.39, 0.29) is 11.8 Å². The Labute approximate surface area is 135 Å². The van der Waals surface area contributed by atoms with Crippen molar-refractivity contribution in [3.05, 3.63) is 46.9 Å². The number of hydrogen-bond acceptors (Lipinski definition) is 6. The Morgan fingerprint density at radius 1 is 1.30 bits per heavy atom. The van der Waals surface area contributed by atoms with E-state index in [2.05, 4.69) is 20.2 Å². The first kappa shape index (κ1) is 15.8. The molecule has 1 saturated heterocycles. The van der Waals surface area contributed by atoms with Gasteiger partial charge in [0.2, 0.25) is 0 Å². The number of aryl methyl sites for hydroxylation is 3. The van der Waals surface area contributed by atoms with Gasteiger partial charge < -0.3 is 9.73 Å². The van der Waals surface area contributed by atoms with Crippen LogP contribution in [0.25, 0.3) is 0 Å². The minimum absolute atomic E-state index is 0.0837. The van der Waals surface area contributed by atoms with Crippen LogP contribution in [0.4, 0.5) is 0 Å². The molecule has 1 atom stereocenters. The van der Waals surface area contributed by atoms with E-state index in [1.165, 1.54) is 12.5 Å². The number of ketones is 1. The van der Waals surface area contributed by atoms with Crippen molar-refractivity contribution >= 4 is 5.78 Å². The molecular weight excluding hydrogens is 292 g/mol. The molecule has 3 heterocycles. The highest BCUT2D eigenvalue weighted by atomic mass is 16.3. The Morgan fingerprint density at radius 2 is 2.09 bits per heavy atom. The van der Waals surface area contributed by atoms with Gasteiger partial charge in [0, 0.05) is 26.2 Å². The van der Waals surface area contributed by atoms with Crippen molar-refractivity contribution in [2.24, 2.45) is 0 Å². The van der Waals surface area contributed by atoms with Crippen molar-refractivity contribution in [3.63, 3.8) is 0 Å². The zero-order chi connectivity index (χ0) is 16.4. The fraction of sp³-hybridized carbons (Fsp3) is 0.471. The molecule has 3 rings (SSSR count). The van der Waals surface area contributed by atoms with Crippen molar-refractivity contribution in [2.45, 2.75) is 33.4 Å². The lowest BCUT2D eigenvalue weighted by molar-refractivity contribution is 0.0754. The van der Waals surface area contributed by atoms with Gasteiger partial charge in [-0.2, -0.15) is 0 Å². The topological polar surface area (TPSA) is 71.3 Å². The summed E-state index contributed by atoms with van der Waals surface area (Å²) in [6.45, 7) is 8.86. The normalized spacial score (nSPS) is 19.0. The highest BCUT2D eigenvalue weighted by molar-refractivity contribution is 6.00. The molecule has 0 amide bonds. The standard InChI is InChI=1S/C17H22N4O2/c1-11-12(2)20-15(13(3)19-11)9-21-6-5-18-8-16(21)17(22)14-4-7-23-10-14/h4,7,10,16,18H,5-6,8-9H2,1-3H3. The molecule has 1 aliphatic rings. The zero-order valence-corrected chi connectivity index (χ0v) is 13.8. The molecular formula is C17H22N4O2. The molecule has 0 spiro atoms. The molecule has 0 bridgehead atoms. The molecule has 2 aromatic heterocycles. The summed E-state index contributed by atoms with van der Waals surface area (Å²) in [6.07, 6.45) is 3.04. The second-order valence-corrected chi connectivity index (χ2v) is 5.99. The fourth-order valence-electron chi connectivity index (χ4n) is 2.89. The molecule has 6 nitrogen and oxygen atoms in total. The van der Waals surface area contributed by atoms with Gasteiger partial charge in [0.1, 0.15) is 6.26 Å². The van der Waals surface area contributed by atoms with E-state index >= 15 is 0 Å². The van der Waals surface area contributed by atoms with E-state index in [4.69, 9.17) is 4.42 Å². The Balaban J connectivity index is 1.82. The van der Waals surface area contributed by atoms with Gasteiger partial charge >= 0.3 is 0 Å². The predicted molar refractivity (Wildman–Crippen MR) is 86.3 cm³/mol. The van der Waals surface area contributed by atoms with Gasteiger partial charge in [-0.15, -0.1) is 0 Å². The predicted octanol–water partition coefficient (Wildman–Crippen LogP) is 1.65. The Morgan fingerprint density at radius 3 is 2.83 bits per heavy atom. The third-order valence-electron chi connectivity index (χ3n) is 4.39. The Hall–Kier alpha value is -2.05. The average molecular weight is 314 g/mol. The molecule has 1 fully saturated rings. The number of Topliss-reactive ketones (excluding diaryl/α,β-unsaturated/α-hetero) is 1. The van der Waals surface area contributed by atoms with Gasteiger partial charge in [-0.25, -0.2) is 0 Å². The zero-order valence-electron chi connectivity index (χ0n) is 13.8. The van der Waals surface area contributed by atoms with Gasteiger partial charge in [0.15, 0.2) is 5.78 Å². The van der Waals surface area contributed by atoms with E-state index in [9.17, 15) is 4.79 Å². The lowest BCUT2D eigenvalue weighted by atomic mass is 10.0. The molecule has 1 N–H and O–H groups in total. The summed E-state index contributed by atoms with van der Waals surface area (Å²) in [6, 6.07) is 1.51. The highest BCUT2D eigenvalue weighted by Gasteiger charge is 2.30. The maximum Gasteiger partial charge on any atom is 0.184 e. The number of carbonyl (C=O) groups excluding carboxylic acids is 1. The third kappa shape index (κ3) is 3.33. The number of carbonyl (C=O) groups is 1. The summed E-state index contributed by atoms with van der Waals surface area (Å²) in [4.78, 5) is 24.1. The fourth-order valence-corrected chi connectivity index (χ4v) is 2.89. The van der Waals surface area contributed by atoms with Crippen LogP contribution >= 0.6 is 0 Å². The van der Waals surface area contributed by atoms with Crippen LogP contribution in [0.15, 0.2) is 23.0 Å². The van der Waals surface area contributed by atoms with E-state index in [1.807, 2.05) is 20.8 Å². The van der Waals surface area contributed by atoms with Crippen LogP contribution in [0.5, 0.6) is 0 Å². The van der Waals surface area contributed by atoms with Crippen molar-refractivity contribution in [2.75, 3.05) is 19.6 Å². The van der Waals surface area contributed by atoms with Crippen LogP contribution in [0.3, 0.4) is 0 Å². The summed E-state index contributed by atoms with van der Waals surface area (Å²) in [5.41, 5.74) is 4.39. The third-order valence-corrected chi connectivity index (χ3v) is 4.39. The Bertz CT molecular complexity index is 697. The highest BCUT2D eigenvalue weighted by Crippen LogP contribution is 2.16. The maximum atomic E-state index is 12.7. The molecule has 0 aliphatic carbocycles. The summed E-state index contributed by atoms with van der Waals surface area (Å²) < 4.78 is 5.05. The second-order valence-electron chi connectivity index (χ2n) is 5.99. The van der Waals surface area contributed by atoms with Crippen LogP contribution in [0.1, 0.15) is 33.1 Å². The summed E-state index contributed by atoms with van der Waals surface area (Å²) in [5.74, 6) is 0.0837. The molecule has 0 saturated carbocycles. The number of rotatable bonds is 4. The van der Waals surface area contributed by atoms with Crippen LogP contribution in [0.2, 0.25) is 0 Å². The number of nitrogens with zero attached hydrogens (tertiary/aromatic N) is 3. The molecule has 2 aromatic rings. The van der Waals surface area contributed by atoms with E-state index in [0.29, 0.717) is 18.7 Å². The molecule has 6 heteroatoms. The summed E-state index contributed by atoms with van der Waals surface area (Å²) in [5, 5.41) is 3.30. The average Bonchev–Trinajstić information content (AvgIpc) is 3.07. The van der Waals surface area contributed by atoms with Crippen LogP contribution in [-0.4, -0.2) is 46.3 Å². The van der Waals surface area contributed by atoms with Crippen molar-refractivity contribution in [1.29, 1.82) is 0 Å². The summed E-state index contributed by atoms with van der Waals surface area (Å²) >= 11 is 0. The molecule has 23 heavy (non-hydrogen) atoms. The first-order valence-electron chi connectivity index (χ1n) is 7.88. The van der Waals surface area contributed by atoms with Crippen molar-refractivity contribution < 1.29 is 9.21 Å². The second kappa shape index (κ2) is 6.60. The van der Waals surface area contributed by atoms with E-state index < -0.39 is 0 Å². The smallest absolute Gasteiger partial charge is 0.184 e. The van der Waals surface area contributed by atoms with Crippen molar-refractivity contribution in [1.82, 2.24) is 20.2 Å². The van der Waals surface area contributed by atoms with Crippen LogP contribution < -0.4 is 5.32 Å². The van der Waals surface area contributed by atoms with Gasteiger partial charge in [-0.05, 0) is 26.8 Å². The molecule has 0 aromatic carbocycles. The largest absolute Gasteiger partial charge is 0.472 e. The number of piperazine rings is 1. The monoisotopic (exact) mass is 314 g/mol. The molecule has 122 valence electrons. The van der Waals surface area contributed by atoms with Gasteiger partial charge in [0.25, 0.3) is 0 Å². The van der Waals surface area contributed by atoms with E-state index in [1.54, 1.807) is 6.07 Å². The Kier molecular flexibility index (Phi) is 4.54. The lowest BCUT2D eigenvalue weighted by Gasteiger charge is -2.35. The van der Waals surface area contributed by atoms with Crippen LogP contribution in [-0.2, 0) is 6.54 Å². The minimum Gasteiger partial charge on any atom is -0.472 e.